The molecular formula is C30H33F3N4O2. The van der Waals surface area contributed by atoms with Crippen LogP contribution in [0.2, 0.25) is 0 Å². The number of pyridine rings is 1. The van der Waals surface area contributed by atoms with Crippen molar-refractivity contribution < 1.29 is 22.8 Å². The summed E-state index contributed by atoms with van der Waals surface area (Å²) in [7, 11) is 0. The van der Waals surface area contributed by atoms with Gasteiger partial charge in [0.15, 0.2) is 0 Å². The van der Waals surface area contributed by atoms with Gasteiger partial charge in [-0.25, -0.2) is 4.98 Å². The van der Waals surface area contributed by atoms with Crippen LogP contribution in [0, 0.1) is 13.8 Å². The van der Waals surface area contributed by atoms with E-state index in [1.165, 1.54) is 11.0 Å². The molecule has 0 spiro atoms. The van der Waals surface area contributed by atoms with Gasteiger partial charge in [0.1, 0.15) is 11.7 Å². The van der Waals surface area contributed by atoms with E-state index in [1.54, 1.807) is 6.07 Å². The molecule has 3 aromatic rings. The number of aryl methyl sites for hydroxylation is 2. The fourth-order valence-corrected chi connectivity index (χ4v) is 4.96. The number of carbonyl (C=O) groups is 2. The Morgan fingerprint density at radius 2 is 1.74 bits per heavy atom. The zero-order chi connectivity index (χ0) is 28.0. The van der Waals surface area contributed by atoms with E-state index in [0.717, 1.165) is 55.5 Å². The predicted octanol–water partition coefficient (Wildman–Crippen LogP) is 6.35. The van der Waals surface area contributed by atoms with Gasteiger partial charge in [0.2, 0.25) is 11.8 Å². The van der Waals surface area contributed by atoms with Gasteiger partial charge in [0.05, 0.1) is 18.4 Å². The Labute approximate surface area is 226 Å². The lowest BCUT2D eigenvalue weighted by atomic mass is 9.93. The Hall–Kier alpha value is -3.88. The van der Waals surface area contributed by atoms with Crippen molar-refractivity contribution in [3.05, 3.63) is 89.2 Å². The molecule has 1 aliphatic rings. The van der Waals surface area contributed by atoms with Crippen LogP contribution < -0.4 is 15.5 Å². The molecule has 1 fully saturated rings. The molecule has 1 heterocycles. The monoisotopic (exact) mass is 538 g/mol. The van der Waals surface area contributed by atoms with Gasteiger partial charge in [-0.15, -0.1) is 0 Å². The van der Waals surface area contributed by atoms with Gasteiger partial charge < -0.3 is 10.6 Å². The molecule has 0 bridgehead atoms. The Morgan fingerprint density at radius 3 is 2.38 bits per heavy atom. The zero-order valence-corrected chi connectivity index (χ0v) is 22.1. The summed E-state index contributed by atoms with van der Waals surface area (Å²) in [5.74, 6) is -0.671. The molecule has 39 heavy (non-hydrogen) atoms. The third-order valence-electron chi connectivity index (χ3n) is 6.99. The smallest absolute Gasteiger partial charge is 0.375 e. The van der Waals surface area contributed by atoms with Gasteiger partial charge in [0.25, 0.3) is 0 Å². The highest BCUT2D eigenvalue weighted by Gasteiger charge is 2.35. The number of benzene rings is 2. The van der Waals surface area contributed by atoms with Crippen LogP contribution in [0.4, 0.5) is 24.5 Å². The number of anilines is 2. The van der Waals surface area contributed by atoms with E-state index in [2.05, 4.69) is 15.6 Å². The maximum atomic E-state index is 13.9. The summed E-state index contributed by atoms with van der Waals surface area (Å²) in [6.45, 7) is 3.56. The number of aromatic nitrogens is 1. The maximum Gasteiger partial charge on any atom is 0.433 e. The summed E-state index contributed by atoms with van der Waals surface area (Å²) >= 11 is 0. The first-order chi connectivity index (χ1) is 18.6. The molecule has 2 N–H and O–H groups in total. The highest BCUT2D eigenvalue weighted by Crippen LogP contribution is 2.32. The number of hydrogen-bond acceptors (Lipinski definition) is 4. The highest BCUT2D eigenvalue weighted by atomic mass is 19.4. The fraction of sp³-hybridized carbons (Fsp3) is 0.367. The van der Waals surface area contributed by atoms with Crippen LogP contribution >= 0.6 is 0 Å². The first kappa shape index (κ1) is 28.1. The van der Waals surface area contributed by atoms with Crippen molar-refractivity contribution in [2.75, 3.05) is 16.8 Å². The number of rotatable bonds is 8. The average Bonchev–Trinajstić information content (AvgIpc) is 2.91. The Balaban J connectivity index is 1.67. The Kier molecular flexibility index (Phi) is 8.89. The van der Waals surface area contributed by atoms with E-state index >= 15 is 0 Å². The van der Waals surface area contributed by atoms with Crippen LogP contribution in [0.1, 0.15) is 60.5 Å². The van der Waals surface area contributed by atoms with Crippen LogP contribution in [0.15, 0.2) is 66.9 Å². The minimum absolute atomic E-state index is 0.0450. The molecule has 1 atom stereocenters. The van der Waals surface area contributed by atoms with Crippen LogP contribution in [-0.2, 0) is 15.8 Å². The van der Waals surface area contributed by atoms with Crippen molar-refractivity contribution in [3.8, 4) is 0 Å². The van der Waals surface area contributed by atoms with Gasteiger partial charge in [-0.2, -0.15) is 13.2 Å². The Bertz CT molecular complexity index is 1290. The minimum atomic E-state index is -4.55. The third kappa shape index (κ3) is 7.16. The number of nitrogens with zero attached hydrogens (tertiary/aromatic N) is 2. The Morgan fingerprint density at radius 1 is 1.00 bits per heavy atom. The summed E-state index contributed by atoms with van der Waals surface area (Å²) in [6.07, 6.45) is 1.52. The molecule has 1 aliphatic carbocycles. The number of alkyl halides is 3. The normalized spacial score (nSPS) is 14.9. The summed E-state index contributed by atoms with van der Waals surface area (Å²) < 4.78 is 38.7. The molecule has 206 valence electrons. The summed E-state index contributed by atoms with van der Waals surface area (Å²) in [6, 6.07) is 16.0. The molecule has 6 nitrogen and oxygen atoms in total. The van der Waals surface area contributed by atoms with Crippen LogP contribution in [0.5, 0.6) is 0 Å². The fourth-order valence-electron chi connectivity index (χ4n) is 4.96. The molecule has 4 rings (SSSR count). The number of amides is 2. The van der Waals surface area contributed by atoms with Gasteiger partial charge >= 0.3 is 6.18 Å². The third-order valence-corrected chi connectivity index (χ3v) is 6.99. The standard InChI is InChI=1S/C30H33F3N4O2/c1-20-9-8-13-24(17-20)37(27(38)19-34-23-15-16-26(35-18-23)30(31,32)33)28(25-14-7-6-10-21(25)2)29(39)36-22-11-4-3-5-12-22/h6-10,13-18,22,28,34H,3-5,11-12,19H2,1-2H3,(H,36,39). The highest BCUT2D eigenvalue weighted by molar-refractivity contribution is 6.03. The lowest BCUT2D eigenvalue weighted by Gasteiger charge is -2.34. The summed E-state index contributed by atoms with van der Waals surface area (Å²) in [5, 5.41) is 6.07. The van der Waals surface area contributed by atoms with Gasteiger partial charge in [-0.3, -0.25) is 14.5 Å². The van der Waals surface area contributed by atoms with Crippen molar-refractivity contribution in [2.45, 2.75) is 64.2 Å². The number of hydrogen-bond donors (Lipinski definition) is 2. The van der Waals surface area contributed by atoms with Crippen molar-refractivity contribution in [3.63, 3.8) is 0 Å². The van der Waals surface area contributed by atoms with E-state index in [1.807, 2.05) is 56.3 Å². The van der Waals surface area contributed by atoms with Crippen molar-refractivity contribution in [1.29, 1.82) is 0 Å². The minimum Gasteiger partial charge on any atom is -0.375 e. The van der Waals surface area contributed by atoms with Crippen LogP contribution in [0.3, 0.4) is 0 Å². The first-order valence-corrected chi connectivity index (χ1v) is 13.2. The van der Waals surface area contributed by atoms with Crippen LogP contribution in [0.25, 0.3) is 0 Å². The largest absolute Gasteiger partial charge is 0.433 e. The van der Waals surface area contributed by atoms with Crippen molar-refractivity contribution in [1.82, 2.24) is 10.3 Å². The quantitative estimate of drug-likeness (QED) is 0.350. The summed E-state index contributed by atoms with van der Waals surface area (Å²) in [5.41, 5.74) is 2.30. The second kappa shape index (κ2) is 12.3. The SMILES string of the molecule is Cc1cccc(N(C(=O)CNc2ccc(C(F)(F)F)nc2)C(C(=O)NC2CCCCC2)c2ccccc2C)c1. The lowest BCUT2D eigenvalue weighted by Crippen LogP contribution is -2.48. The number of carbonyl (C=O) groups excluding carboxylic acids is 2. The van der Waals surface area contributed by atoms with Gasteiger partial charge in [-0.1, -0.05) is 55.7 Å². The van der Waals surface area contributed by atoms with Crippen molar-refractivity contribution in [2.24, 2.45) is 0 Å². The van der Waals surface area contributed by atoms with E-state index in [4.69, 9.17) is 0 Å². The molecule has 1 aromatic heterocycles. The van der Waals surface area contributed by atoms with Crippen LogP contribution in [-0.4, -0.2) is 29.4 Å². The first-order valence-electron chi connectivity index (χ1n) is 13.2. The topological polar surface area (TPSA) is 74.3 Å². The lowest BCUT2D eigenvalue weighted by molar-refractivity contribution is -0.141. The summed E-state index contributed by atoms with van der Waals surface area (Å²) in [4.78, 5) is 32.7. The molecule has 9 heteroatoms. The maximum absolute atomic E-state index is 13.9. The number of nitrogens with one attached hydrogen (secondary N) is 2. The second-order valence-electron chi connectivity index (χ2n) is 9.99. The molecule has 0 radical (unpaired) electrons. The van der Waals surface area contributed by atoms with Crippen molar-refractivity contribution >= 4 is 23.2 Å². The van der Waals surface area contributed by atoms with E-state index in [9.17, 15) is 22.8 Å². The van der Waals surface area contributed by atoms with E-state index < -0.39 is 23.8 Å². The molecule has 2 amide bonds. The molecule has 0 aliphatic heterocycles. The van der Waals surface area contributed by atoms with E-state index in [0.29, 0.717) is 11.3 Å². The number of halogens is 3. The molecule has 1 unspecified atom stereocenters. The molecule has 1 saturated carbocycles. The zero-order valence-electron chi connectivity index (χ0n) is 22.1. The average molecular weight is 539 g/mol. The molecular weight excluding hydrogens is 505 g/mol. The predicted molar refractivity (Wildman–Crippen MR) is 145 cm³/mol. The second-order valence-corrected chi connectivity index (χ2v) is 9.99. The van der Waals surface area contributed by atoms with Gasteiger partial charge in [0, 0.05) is 11.7 Å². The molecule has 0 saturated heterocycles. The van der Waals surface area contributed by atoms with E-state index in [-0.39, 0.29) is 24.2 Å². The van der Waals surface area contributed by atoms with Gasteiger partial charge in [-0.05, 0) is 67.6 Å². The molecule has 2 aromatic carbocycles.